The van der Waals surface area contributed by atoms with Gasteiger partial charge in [0.15, 0.2) is 11.5 Å². The van der Waals surface area contributed by atoms with Crippen molar-refractivity contribution in [2.45, 2.75) is 6.42 Å². The van der Waals surface area contributed by atoms with Gasteiger partial charge in [-0.2, -0.15) is 4.52 Å². The van der Waals surface area contributed by atoms with Gasteiger partial charge in [-0.05, 0) is 28.8 Å². The van der Waals surface area contributed by atoms with E-state index in [9.17, 15) is 0 Å². The quantitative estimate of drug-likeness (QED) is 0.528. The highest BCUT2D eigenvalue weighted by Gasteiger charge is 2.29. The summed E-state index contributed by atoms with van der Waals surface area (Å²) in [4.78, 5) is 16.5. The smallest absolute Gasteiger partial charge is 0.223 e. The Kier molecular flexibility index (Phi) is 4.39. The van der Waals surface area contributed by atoms with E-state index in [0.29, 0.717) is 22.9 Å². The van der Waals surface area contributed by atoms with Crippen molar-refractivity contribution in [3.63, 3.8) is 0 Å². The molecule has 0 saturated carbocycles. The number of hydrogen-bond donors (Lipinski definition) is 1. The number of fused-ring (bicyclic) bond motifs is 3. The molecule has 0 aliphatic carbocycles. The molecule has 2 aliphatic heterocycles. The Morgan fingerprint density at radius 1 is 1.03 bits per heavy atom. The average Bonchev–Trinajstić information content (AvgIpc) is 3.52. The highest BCUT2D eigenvalue weighted by molar-refractivity contribution is 6.15. The minimum absolute atomic E-state index is 0.307. The topological polar surface area (TPSA) is 93.9 Å². The van der Waals surface area contributed by atoms with Crippen LogP contribution in [0.4, 0.5) is 5.95 Å². The summed E-state index contributed by atoms with van der Waals surface area (Å²) in [5.41, 5.74) is 12.7. The van der Waals surface area contributed by atoms with Gasteiger partial charge in [0.1, 0.15) is 11.3 Å². The lowest BCUT2D eigenvalue weighted by atomic mass is 10.0. The lowest BCUT2D eigenvalue weighted by Gasteiger charge is -2.16. The van der Waals surface area contributed by atoms with E-state index in [-0.39, 0.29) is 0 Å². The molecule has 0 amide bonds. The van der Waals surface area contributed by atoms with Crippen molar-refractivity contribution in [2.24, 2.45) is 4.99 Å². The number of para-hydroxylation sites is 1. The van der Waals surface area contributed by atoms with Crippen LogP contribution in [0.25, 0.3) is 16.6 Å². The van der Waals surface area contributed by atoms with Gasteiger partial charge in [-0.15, -0.1) is 5.10 Å². The average molecular weight is 425 g/mol. The third-order valence-corrected chi connectivity index (χ3v) is 6.19. The highest BCUT2D eigenvalue weighted by Crippen LogP contribution is 2.29. The second-order valence-corrected chi connectivity index (χ2v) is 8.16. The Morgan fingerprint density at radius 2 is 1.91 bits per heavy atom. The van der Waals surface area contributed by atoms with Crippen molar-refractivity contribution in [2.75, 3.05) is 39.0 Å². The van der Waals surface area contributed by atoms with Crippen LogP contribution in [0.15, 0.2) is 64.7 Å². The van der Waals surface area contributed by atoms with Gasteiger partial charge in [0.2, 0.25) is 5.95 Å². The van der Waals surface area contributed by atoms with Crippen molar-refractivity contribution < 1.29 is 4.74 Å². The molecule has 0 bridgehead atoms. The normalized spacial score (nSPS) is 16.2. The summed E-state index contributed by atoms with van der Waals surface area (Å²) in [5.74, 6) is 1.74. The maximum absolute atomic E-state index is 6.17. The van der Waals surface area contributed by atoms with Crippen LogP contribution in [-0.2, 0) is 6.42 Å². The van der Waals surface area contributed by atoms with Gasteiger partial charge in [-0.25, -0.2) is 9.97 Å². The molecule has 0 radical (unpaired) electrons. The second kappa shape index (κ2) is 7.42. The SMILES string of the molecule is COc1cccc2c1nc(N)n1nc(CCN3CC4=C(C3)C(c3ccccc3)=NC4)nc21. The van der Waals surface area contributed by atoms with E-state index in [1.807, 2.05) is 24.3 Å². The summed E-state index contributed by atoms with van der Waals surface area (Å²) in [5, 5.41) is 5.50. The van der Waals surface area contributed by atoms with Crippen LogP contribution in [0.1, 0.15) is 11.4 Å². The van der Waals surface area contributed by atoms with Crippen LogP contribution < -0.4 is 10.5 Å². The van der Waals surface area contributed by atoms with Gasteiger partial charge in [-0.3, -0.25) is 9.89 Å². The summed E-state index contributed by atoms with van der Waals surface area (Å²) in [7, 11) is 1.63. The van der Waals surface area contributed by atoms with Gasteiger partial charge in [-0.1, -0.05) is 36.4 Å². The van der Waals surface area contributed by atoms with E-state index in [1.165, 1.54) is 16.7 Å². The van der Waals surface area contributed by atoms with Crippen LogP contribution in [0, 0.1) is 0 Å². The van der Waals surface area contributed by atoms with Crippen LogP contribution in [0.5, 0.6) is 5.75 Å². The largest absolute Gasteiger partial charge is 0.494 e. The zero-order valence-corrected chi connectivity index (χ0v) is 17.8. The van der Waals surface area contributed by atoms with Crippen LogP contribution in [0.2, 0.25) is 0 Å². The summed E-state index contributed by atoms with van der Waals surface area (Å²) in [6.07, 6.45) is 0.741. The van der Waals surface area contributed by atoms with E-state index in [0.717, 1.165) is 49.5 Å². The fraction of sp³-hybridized carbons (Fsp3) is 0.250. The third-order valence-electron chi connectivity index (χ3n) is 6.19. The molecule has 0 saturated heterocycles. The number of aromatic nitrogens is 4. The van der Waals surface area contributed by atoms with Crippen molar-refractivity contribution in [1.82, 2.24) is 24.5 Å². The van der Waals surface area contributed by atoms with Gasteiger partial charge in [0.25, 0.3) is 0 Å². The summed E-state index contributed by atoms with van der Waals surface area (Å²) in [6.45, 7) is 3.55. The Morgan fingerprint density at radius 3 is 2.75 bits per heavy atom. The van der Waals surface area contributed by atoms with Crippen molar-refractivity contribution in [3.05, 3.63) is 71.1 Å². The first kappa shape index (κ1) is 18.9. The predicted octanol–water partition coefficient (Wildman–Crippen LogP) is 2.53. The fourth-order valence-corrected chi connectivity index (χ4v) is 4.63. The molecule has 2 aromatic carbocycles. The molecule has 2 N–H and O–H groups in total. The minimum Gasteiger partial charge on any atom is -0.494 e. The Bertz CT molecular complexity index is 1400. The molecule has 8 nitrogen and oxygen atoms in total. The minimum atomic E-state index is 0.307. The maximum Gasteiger partial charge on any atom is 0.223 e. The molecule has 4 heterocycles. The highest BCUT2D eigenvalue weighted by atomic mass is 16.5. The maximum atomic E-state index is 6.17. The first-order chi connectivity index (χ1) is 15.7. The number of ether oxygens (including phenoxy) is 1. The lowest BCUT2D eigenvalue weighted by Crippen LogP contribution is -2.26. The molecule has 0 unspecified atom stereocenters. The Hall–Kier alpha value is -3.78. The molecular formula is C24H23N7O. The molecule has 2 aromatic heterocycles. The molecule has 4 aromatic rings. The summed E-state index contributed by atoms with van der Waals surface area (Å²) in [6, 6.07) is 16.2. The number of anilines is 1. The molecule has 6 rings (SSSR count). The molecule has 160 valence electrons. The number of hydrogen-bond acceptors (Lipinski definition) is 7. The van der Waals surface area contributed by atoms with Crippen LogP contribution in [0.3, 0.4) is 0 Å². The Balaban J connectivity index is 1.21. The van der Waals surface area contributed by atoms with Gasteiger partial charge in [0.05, 0.1) is 19.4 Å². The zero-order valence-electron chi connectivity index (χ0n) is 17.8. The number of rotatable bonds is 5. The molecule has 8 heteroatoms. The summed E-state index contributed by atoms with van der Waals surface area (Å²) >= 11 is 0. The monoisotopic (exact) mass is 425 g/mol. The lowest BCUT2D eigenvalue weighted by molar-refractivity contribution is 0.347. The van der Waals surface area contributed by atoms with Crippen LogP contribution >= 0.6 is 0 Å². The Labute approximate surface area is 185 Å². The molecule has 32 heavy (non-hydrogen) atoms. The third kappa shape index (κ3) is 3.03. The van der Waals surface area contributed by atoms with Gasteiger partial charge in [0, 0.05) is 31.4 Å². The zero-order chi connectivity index (χ0) is 21.7. The van der Waals surface area contributed by atoms with E-state index >= 15 is 0 Å². The molecule has 0 fully saturated rings. The first-order valence-electron chi connectivity index (χ1n) is 10.7. The molecule has 0 atom stereocenters. The van der Waals surface area contributed by atoms with Crippen molar-refractivity contribution >= 4 is 28.2 Å². The predicted molar refractivity (Wildman–Crippen MR) is 124 cm³/mol. The standard InChI is InChI=1S/C24H23N7O/c1-32-19-9-5-8-17-22(19)28-24(25)31-23(17)27-20(29-31)10-11-30-13-16-12-26-21(18(16)14-30)15-6-3-2-4-7-15/h2-9H,10-14H2,1H3,(H2,25,28). The van der Waals surface area contributed by atoms with Gasteiger partial charge < -0.3 is 10.5 Å². The number of aliphatic imine (C=N–C) groups is 1. The molecular weight excluding hydrogens is 402 g/mol. The van der Waals surface area contributed by atoms with E-state index in [4.69, 9.17) is 20.4 Å². The van der Waals surface area contributed by atoms with E-state index in [1.54, 1.807) is 11.6 Å². The van der Waals surface area contributed by atoms with Crippen LogP contribution in [-0.4, -0.2) is 63.5 Å². The van der Waals surface area contributed by atoms with Crippen molar-refractivity contribution in [1.29, 1.82) is 0 Å². The molecule has 0 spiro atoms. The first-order valence-corrected chi connectivity index (χ1v) is 10.7. The number of benzene rings is 2. The van der Waals surface area contributed by atoms with E-state index < -0.39 is 0 Å². The number of nitrogen functional groups attached to an aromatic ring is 1. The fourth-order valence-electron chi connectivity index (χ4n) is 4.63. The number of nitrogens with zero attached hydrogens (tertiary/aromatic N) is 6. The van der Waals surface area contributed by atoms with E-state index in [2.05, 4.69) is 39.2 Å². The second-order valence-electron chi connectivity index (χ2n) is 8.16. The van der Waals surface area contributed by atoms with Crippen molar-refractivity contribution in [3.8, 4) is 5.75 Å². The number of methoxy groups -OCH3 is 1. The number of nitrogens with two attached hydrogens (primary N) is 1. The summed E-state index contributed by atoms with van der Waals surface area (Å²) < 4.78 is 7.06. The molecule has 2 aliphatic rings. The van der Waals surface area contributed by atoms with Gasteiger partial charge >= 0.3 is 0 Å².